The lowest BCUT2D eigenvalue weighted by Gasteiger charge is -2.13. The Hall–Kier alpha value is -2.17. The average Bonchev–Trinajstić information content (AvgIpc) is 2.66. The largest absolute Gasteiger partial charge is 0.325 e. The Morgan fingerprint density at radius 2 is 2.11 bits per heavy atom. The maximum atomic E-state index is 11.6. The summed E-state index contributed by atoms with van der Waals surface area (Å²) in [5, 5.41) is 6.90. The molecular weight excluding hydrogens is 230 g/mol. The molecular formula is C13H13N3O2. The Morgan fingerprint density at radius 3 is 2.83 bits per heavy atom. The minimum atomic E-state index is -0.126. The van der Waals surface area contributed by atoms with Gasteiger partial charge >= 0.3 is 0 Å². The van der Waals surface area contributed by atoms with Crippen LogP contribution in [0.5, 0.6) is 0 Å². The van der Waals surface area contributed by atoms with Crippen molar-refractivity contribution in [3.05, 3.63) is 29.3 Å². The summed E-state index contributed by atoms with van der Waals surface area (Å²) in [5.74, 6) is -0.148. The predicted octanol–water partition coefficient (Wildman–Crippen LogP) is 1.36. The van der Waals surface area contributed by atoms with Gasteiger partial charge in [-0.15, -0.1) is 0 Å². The zero-order chi connectivity index (χ0) is 12.7. The smallest absolute Gasteiger partial charge is 0.240 e. The van der Waals surface area contributed by atoms with Gasteiger partial charge in [0.2, 0.25) is 11.8 Å². The highest BCUT2D eigenvalue weighted by Crippen LogP contribution is 2.33. The summed E-state index contributed by atoms with van der Waals surface area (Å²) in [5.41, 5.74) is 6.19. The fraction of sp³-hybridized carbons (Fsp3) is 0.308. The van der Waals surface area contributed by atoms with E-state index in [9.17, 15) is 9.59 Å². The predicted molar refractivity (Wildman–Crippen MR) is 67.4 cm³/mol. The highest BCUT2D eigenvalue weighted by atomic mass is 16.2. The second kappa shape index (κ2) is 3.94. The minimum Gasteiger partial charge on any atom is -0.325 e. The van der Waals surface area contributed by atoms with Gasteiger partial charge in [-0.25, -0.2) is 5.43 Å². The summed E-state index contributed by atoms with van der Waals surface area (Å²) in [7, 11) is 0. The van der Waals surface area contributed by atoms with Gasteiger partial charge in [-0.05, 0) is 30.2 Å². The van der Waals surface area contributed by atoms with E-state index in [-0.39, 0.29) is 17.7 Å². The van der Waals surface area contributed by atoms with Crippen molar-refractivity contribution in [3.8, 4) is 0 Å². The van der Waals surface area contributed by atoms with Crippen LogP contribution in [0.25, 0.3) is 0 Å². The third kappa shape index (κ3) is 1.68. The molecule has 2 heterocycles. The molecule has 0 saturated carbocycles. The SMILES string of the molecule is CC1C(=O)Nc2ccc(C3=NNC(=O)CC3)cc21. The fourth-order valence-corrected chi connectivity index (χ4v) is 2.28. The average molecular weight is 243 g/mol. The first-order valence-electron chi connectivity index (χ1n) is 5.96. The van der Waals surface area contributed by atoms with Gasteiger partial charge in [0.05, 0.1) is 11.6 Å². The molecule has 2 aliphatic rings. The van der Waals surface area contributed by atoms with Crippen molar-refractivity contribution in [3.63, 3.8) is 0 Å². The lowest BCUT2D eigenvalue weighted by molar-refractivity contribution is -0.121. The summed E-state index contributed by atoms with van der Waals surface area (Å²) >= 11 is 0. The number of fused-ring (bicyclic) bond motifs is 1. The summed E-state index contributed by atoms with van der Waals surface area (Å²) in [6.45, 7) is 1.88. The van der Waals surface area contributed by atoms with Crippen molar-refractivity contribution in [1.29, 1.82) is 0 Å². The van der Waals surface area contributed by atoms with E-state index in [1.165, 1.54) is 0 Å². The Kier molecular flexibility index (Phi) is 2.40. The maximum absolute atomic E-state index is 11.6. The van der Waals surface area contributed by atoms with Crippen molar-refractivity contribution >= 4 is 23.2 Å². The molecule has 0 saturated heterocycles. The number of hydrogen-bond donors (Lipinski definition) is 2. The number of hydrogen-bond acceptors (Lipinski definition) is 3. The molecule has 92 valence electrons. The first kappa shape index (κ1) is 11.0. The Balaban J connectivity index is 1.97. The fourth-order valence-electron chi connectivity index (χ4n) is 2.28. The molecule has 3 rings (SSSR count). The van der Waals surface area contributed by atoms with Crippen LogP contribution in [0.15, 0.2) is 23.3 Å². The zero-order valence-corrected chi connectivity index (χ0v) is 9.99. The van der Waals surface area contributed by atoms with Gasteiger partial charge in [-0.3, -0.25) is 9.59 Å². The number of anilines is 1. The molecule has 0 radical (unpaired) electrons. The molecule has 2 aliphatic heterocycles. The van der Waals surface area contributed by atoms with E-state index in [0.29, 0.717) is 12.8 Å². The number of amides is 2. The Morgan fingerprint density at radius 1 is 1.28 bits per heavy atom. The van der Waals surface area contributed by atoms with E-state index in [0.717, 1.165) is 22.5 Å². The van der Waals surface area contributed by atoms with Crippen molar-refractivity contribution < 1.29 is 9.59 Å². The molecule has 0 bridgehead atoms. The van der Waals surface area contributed by atoms with Gasteiger partial charge in [0.25, 0.3) is 0 Å². The van der Waals surface area contributed by atoms with Crippen molar-refractivity contribution in [2.24, 2.45) is 5.10 Å². The van der Waals surface area contributed by atoms with E-state index < -0.39 is 0 Å². The number of nitrogens with zero attached hydrogens (tertiary/aromatic N) is 1. The van der Waals surface area contributed by atoms with Gasteiger partial charge in [0, 0.05) is 18.5 Å². The van der Waals surface area contributed by atoms with E-state index in [1.807, 2.05) is 25.1 Å². The van der Waals surface area contributed by atoms with Crippen LogP contribution in [-0.2, 0) is 9.59 Å². The van der Waals surface area contributed by atoms with Crippen molar-refractivity contribution in [2.45, 2.75) is 25.7 Å². The molecule has 1 aromatic rings. The molecule has 0 aliphatic carbocycles. The van der Waals surface area contributed by atoms with Crippen LogP contribution in [0.4, 0.5) is 5.69 Å². The normalized spacial score (nSPS) is 22.1. The standard InChI is InChI=1S/C13H13N3O2/c1-7-9-6-8(2-3-11(9)14-13(7)18)10-4-5-12(17)16-15-10/h2-3,6-7H,4-5H2,1H3,(H,14,18)(H,16,17). The third-order valence-electron chi connectivity index (χ3n) is 3.41. The van der Waals surface area contributed by atoms with Crippen molar-refractivity contribution in [2.75, 3.05) is 5.32 Å². The molecule has 0 fully saturated rings. The Labute approximate surface area is 104 Å². The molecule has 18 heavy (non-hydrogen) atoms. The van der Waals surface area contributed by atoms with Crippen molar-refractivity contribution in [1.82, 2.24) is 5.43 Å². The molecule has 0 aromatic heterocycles. The number of carbonyl (C=O) groups excluding carboxylic acids is 2. The van der Waals surface area contributed by atoms with Crippen LogP contribution < -0.4 is 10.7 Å². The van der Waals surface area contributed by atoms with Gasteiger partial charge in [-0.2, -0.15) is 5.10 Å². The molecule has 0 spiro atoms. The topological polar surface area (TPSA) is 70.6 Å². The van der Waals surface area contributed by atoms with Crippen LogP contribution >= 0.6 is 0 Å². The highest BCUT2D eigenvalue weighted by Gasteiger charge is 2.27. The zero-order valence-electron chi connectivity index (χ0n) is 9.99. The monoisotopic (exact) mass is 243 g/mol. The number of nitrogens with one attached hydrogen (secondary N) is 2. The van der Waals surface area contributed by atoms with E-state index in [2.05, 4.69) is 15.8 Å². The number of hydrazone groups is 1. The molecule has 1 atom stereocenters. The van der Waals surface area contributed by atoms with E-state index >= 15 is 0 Å². The second-order valence-corrected chi connectivity index (χ2v) is 4.61. The molecule has 5 heteroatoms. The molecule has 5 nitrogen and oxygen atoms in total. The quantitative estimate of drug-likeness (QED) is 0.781. The molecule has 1 unspecified atom stereocenters. The third-order valence-corrected chi connectivity index (χ3v) is 3.41. The van der Waals surface area contributed by atoms with Gasteiger partial charge in [0.1, 0.15) is 0 Å². The lowest BCUT2D eigenvalue weighted by Crippen LogP contribution is -2.25. The minimum absolute atomic E-state index is 0.0287. The second-order valence-electron chi connectivity index (χ2n) is 4.61. The maximum Gasteiger partial charge on any atom is 0.240 e. The molecule has 1 aromatic carbocycles. The molecule has 2 amide bonds. The van der Waals surface area contributed by atoms with Crippen LogP contribution in [-0.4, -0.2) is 17.5 Å². The first-order valence-corrected chi connectivity index (χ1v) is 5.96. The van der Waals surface area contributed by atoms with E-state index in [4.69, 9.17) is 0 Å². The van der Waals surface area contributed by atoms with E-state index in [1.54, 1.807) is 0 Å². The number of rotatable bonds is 1. The first-order chi connectivity index (χ1) is 8.65. The summed E-state index contributed by atoms with van der Waals surface area (Å²) in [6.07, 6.45) is 1.10. The van der Waals surface area contributed by atoms with Gasteiger partial charge in [-0.1, -0.05) is 6.07 Å². The van der Waals surface area contributed by atoms with Crippen LogP contribution in [0, 0.1) is 0 Å². The van der Waals surface area contributed by atoms with Gasteiger partial charge in [0.15, 0.2) is 0 Å². The van der Waals surface area contributed by atoms with Crippen LogP contribution in [0.3, 0.4) is 0 Å². The molecule has 2 N–H and O–H groups in total. The van der Waals surface area contributed by atoms with Gasteiger partial charge < -0.3 is 5.32 Å². The lowest BCUT2D eigenvalue weighted by atomic mass is 9.97. The number of carbonyl (C=O) groups is 2. The Bertz CT molecular complexity index is 578. The van der Waals surface area contributed by atoms with Crippen LogP contribution in [0.1, 0.15) is 36.8 Å². The number of benzene rings is 1. The van der Waals surface area contributed by atoms with Crippen LogP contribution in [0.2, 0.25) is 0 Å². The summed E-state index contributed by atoms with van der Waals surface area (Å²) < 4.78 is 0. The summed E-state index contributed by atoms with van der Waals surface area (Å²) in [6, 6.07) is 5.80. The highest BCUT2D eigenvalue weighted by molar-refractivity contribution is 6.07. The summed E-state index contributed by atoms with van der Waals surface area (Å²) in [4.78, 5) is 22.6.